The summed E-state index contributed by atoms with van der Waals surface area (Å²) in [5, 5.41) is 18.7. The van der Waals surface area contributed by atoms with Gasteiger partial charge in [0.2, 0.25) is 35.4 Å². The number of amides is 6. The third kappa shape index (κ3) is 9.68. The Hall–Kier alpha value is -6.16. The van der Waals surface area contributed by atoms with E-state index in [1.165, 1.54) is 65.9 Å². The number of nitrogens with one attached hydrogen (secondary N) is 3. The van der Waals surface area contributed by atoms with Crippen LogP contribution in [-0.4, -0.2) is 133 Å². The largest absolute Gasteiger partial charge is 0.497 e. The summed E-state index contributed by atoms with van der Waals surface area (Å²) in [7, 11) is 7.28. The predicted octanol–water partition coefficient (Wildman–Crippen LogP) is 1.21. The lowest BCUT2D eigenvalue weighted by Gasteiger charge is -2.37. The van der Waals surface area contributed by atoms with E-state index in [1.807, 2.05) is 0 Å². The molecule has 6 rings (SSSR count). The van der Waals surface area contributed by atoms with E-state index in [0.29, 0.717) is 39.7 Å². The van der Waals surface area contributed by atoms with Crippen LogP contribution in [-0.2, 0) is 48.0 Å². The first-order valence-corrected chi connectivity index (χ1v) is 19.0. The Balaban J connectivity index is 1.60. The molecule has 0 spiro atoms. The van der Waals surface area contributed by atoms with E-state index < -0.39 is 77.8 Å². The zero-order valence-electron chi connectivity index (χ0n) is 34.0. The molecule has 0 aliphatic carbocycles. The highest BCUT2D eigenvalue weighted by Gasteiger charge is 2.40. The highest BCUT2D eigenvalue weighted by Crippen LogP contribution is 2.34. The zero-order valence-corrected chi connectivity index (χ0v) is 34.0. The minimum absolute atomic E-state index is 0.00948. The molecule has 6 bridgehead atoms. The van der Waals surface area contributed by atoms with Crippen LogP contribution in [0.3, 0.4) is 0 Å². The van der Waals surface area contributed by atoms with E-state index in [-0.39, 0.29) is 19.3 Å². The Morgan fingerprint density at radius 1 is 0.690 bits per heavy atom. The normalized spacial score (nSPS) is 24.5. The van der Waals surface area contributed by atoms with Gasteiger partial charge in [-0.2, -0.15) is 0 Å². The second-order valence-corrected chi connectivity index (χ2v) is 14.8. The van der Waals surface area contributed by atoms with Gasteiger partial charge in [-0.25, -0.2) is 0 Å². The van der Waals surface area contributed by atoms with Gasteiger partial charge in [-0.3, -0.25) is 28.8 Å². The fourth-order valence-electron chi connectivity index (χ4n) is 7.01. The maximum atomic E-state index is 14.7. The number of aliphatic hydroxyl groups is 1. The van der Waals surface area contributed by atoms with Crippen LogP contribution in [0.25, 0.3) is 0 Å². The topological polar surface area (TPSA) is 196 Å². The number of aliphatic hydroxyl groups excluding tert-OH is 1. The Morgan fingerprint density at radius 3 is 1.91 bits per heavy atom. The Labute approximate surface area is 337 Å². The molecule has 3 aliphatic rings. The van der Waals surface area contributed by atoms with Crippen LogP contribution >= 0.6 is 0 Å². The van der Waals surface area contributed by atoms with Gasteiger partial charge in [-0.1, -0.05) is 30.3 Å². The van der Waals surface area contributed by atoms with Crippen LogP contribution < -0.4 is 30.2 Å². The molecule has 4 N–H and O–H groups in total. The first-order valence-electron chi connectivity index (χ1n) is 19.0. The molecule has 310 valence electrons. The number of hydrogen-bond acceptors (Lipinski definition) is 10. The number of fused-ring (bicyclic) bond motifs is 2. The summed E-state index contributed by atoms with van der Waals surface area (Å²) in [6.07, 6.45) is -1.43. The van der Waals surface area contributed by atoms with Crippen LogP contribution in [0.1, 0.15) is 37.5 Å². The Morgan fingerprint density at radius 2 is 1.29 bits per heavy atom. The summed E-state index contributed by atoms with van der Waals surface area (Å²) in [5.74, 6) is -2.29. The molecule has 3 heterocycles. The average molecular weight is 801 g/mol. The molecule has 0 radical (unpaired) electrons. The maximum Gasteiger partial charge on any atom is 0.248 e. The Bertz CT molecular complexity index is 2010. The summed E-state index contributed by atoms with van der Waals surface area (Å²) in [4.78, 5) is 88.8. The monoisotopic (exact) mass is 800 g/mol. The van der Waals surface area contributed by atoms with Crippen LogP contribution in [0, 0.1) is 0 Å². The number of carbonyl (C=O) groups is 6. The van der Waals surface area contributed by atoms with Gasteiger partial charge >= 0.3 is 0 Å². The molecule has 0 aromatic heterocycles. The third-order valence-corrected chi connectivity index (χ3v) is 10.7. The summed E-state index contributed by atoms with van der Waals surface area (Å²) >= 11 is 0. The van der Waals surface area contributed by atoms with Crippen LogP contribution in [0.4, 0.5) is 0 Å². The number of benzene rings is 3. The van der Waals surface area contributed by atoms with E-state index in [9.17, 15) is 33.9 Å². The number of carbonyl (C=O) groups excluding carboxylic acids is 6. The lowest BCUT2D eigenvalue weighted by molar-refractivity contribution is -0.150. The summed E-state index contributed by atoms with van der Waals surface area (Å²) in [6.45, 7) is 4.19. The second-order valence-electron chi connectivity index (χ2n) is 14.8. The van der Waals surface area contributed by atoms with Gasteiger partial charge in [-0.05, 0) is 73.9 Å². The van der Waals surface area contributed by atoms with Gasteiger partial charge in [0, 0.05) is 40.4 Å². The van der Waals surface area contributed by atoms with Crippen molar-refractivity contribution >= 4 is 35.4 Å². The van der Waals surface area contributed by atoms with Crippen molar-refractivity contribution in [1.82, 2.24) is 30.7 Å². The predicted molar refractivity (Wildman–Crippen MR) is 212 cm³/mol. The molecule has 16 nitrogen and oxygen atoms in total. The highest BCUT2D eigenvalue weighted by molar-refractivity contribution is 5.98. The van der Waals surface area contributed by atoms with Crippen molar-refractivity contribution in [3.63, 3.8) is 0 Å². The van der Waals surface area contributed by atoms with Gasteiger partial charge in [0.05, 0.1) is 20.3 Å². The molecule has 3 aromatic carbocycles. The molecular formula is C42H52N6O10. The van der Waals surface area contributed by atoms with E-state index >= 15 is 0 Å². The number of likely N-dealkylation sites (N-methyl/N-ethyl adjacent to an activating group) is 3. The molecule has 58 heavy (non-hydrogen) atoms. The number of rotatable bonds is 5. The third-order valence-electron chi connectivity index (χ3n) is 10.7. The van der Waals surface area contributed by atoms with Gasteiger partial charge in [0.25, 0.3) is 0 Å². The number of ether oxygens (including phenoxy) is 3. The fourth-order valence-corrected chi connectivity index (χ4v) is 7.01. The molecule has 1 saturated heterocycles. The van der Waals surface area contributed by atoms with Crippen LogP contribution in [0.5, 0.6) is 23.0 Å². The van der Waals surface area contributed by atoms with Crippen molar-refractivity contribution in [1.29, 1.82) is 0 Å². The second kappa shape index (κ2) is 18.4. The lowest BCUT2D eigenvalue weighted by Crippen LogP contribution is -2.63. The molecule has 6 amide bonds. The van der Waals surface area contributed by atoms with Gasteiger partial charge in [0.15, 0.2) is 11.5 Å². The number of nitrogens with zero attached hydrogens (tertiary/aromatic N) is 3. The molecule has 0 saturated carbocycles. The van der Waals surface area contributed by atoms with Gasteiger partial charge < -0.3 is 50.0 Å². The fraction of sp³-hybridized carbons (Fsp3) is 0.429. The standard InChI is InChI=1S/C42H52N6O10/c1-23-37(50)45-36(25(3)49)42(55)47(5)31(19-26-9-14-29(56-7)15-10-26)39(52)44-24(2)40(53)48(6)33-20-27-11-16-30(17-12-27)58-35-22-28(13-18-34(35)57-8)21-32(38(51)43-23)46(4)41(33)54/h9-18,22-25,31-33,36,49H,19-21H2,1-8H3,(H,43,51)(H,44,52)(H,45,50)/t23-,24+,25-,31+,32-,33+,36+/m1/s1. The van der Waals surface area contributed by atoms with E-state index in [0.717, 1.165) is 4.90 Å². The zero-order chi connectivity index (χ0) is 42.4. The van der Waals surface area contributed by atoms with Crippen molar-refractivity contribution in [2.75, 3.05) is 35.4 Å². The molecule has 7 atom stereocenters. The van der Waals surface area contributed by atoms with Crippen LogP contribution in [0.2, 0.25) is 0 Å². The first-order chi connectivity index (χ1) is 27.5. The molecular weight excluding hydrogens is 748 g/mol. The van der Waals surface area contributed by atoms with E-state index in [1.54, 1.807) is 66.7 Å². The van der Waals surface area contributed by atoms with Gasteiger partial charge in [0.1, 0.15) is 47.8 Å². The SMILES string of the molecule is COc1ccc(C[C@H]2C(=O)N[C@@H](C)C(=O)N(C)[C@H]3Cc4ccc(cc4)Oc4cc(ccc4OC)C[C@H](C(=O)N[C@H](C)C(=O)N[C@@H]([C@@H](C)O)C(=O)N2C)N(C)C3=O)cc1. The van der Waals surface area contributed by atoms with Crippen molar-refractivity contribution in [3.8, 4) is 23.0 Å². The molecule has 1 fully saturated rings. The van der Waals surface area contributed by atoms with Crippen molar-refractivity contribution < 1.29 is 48.1 Å². The average Bonchev–Trinajstić information content (AvgIpc) is 3.21. The molecule has 16 heteroatoms. The minimum atomic E-state index is -1.53. The van der Waals surface area contributed by atoms with Crippen molar-refractivity contribution in [3.05, 3.63) is 83.4 Å². The smallest absolute Gasteiger partial charge is 0.248 e. The van der Waals surface area contributed by atoms with Crippen molar-refractivity contribution in [2.24, 2.45) is 0 Å². The molecule has 3 aromatic rings. The van der Waals surface area contributed by atoms with E-state index in [4.69, 9.17) is 14.2 Å². The van der Waals surface area contributed by atoms with Gasteiger partial charge in [-0.15, -0.1) is 0 Å². The Kier molecular flexibility index (Phi) is 13.6. The lowest BCUT2D eigenvalue weighted by atomic mass is 9.98. The quantitative estimate of drug-likeness (QED) is 0.291. The molecule has 0 unspecified atom stereocenters. The maximum absolute atomic E-state index is 14.7. The number of hydrogen-bond donors (Lipinski definition) is 4. The first kappa shape index (κ1) is 43.0. The van der Waals surface area contributed by atoms with E-state index in [2.05, 4.69) is 16.0 Å². The minimum Gasteiger partial charge on any atom is -0.497 e. The summed E-state index contributed by atoms with van der Waals surface area (Å²) < 4.78 is 17.0. The summed E-state index contributed by atoms with van der Waals surface area (Å²) in [5.41, 5.74) is 1.92. The highest BCUT2D eigenvalue weighted by atomic mass is 16.5. The molecule has 3 aliphatic heterocycles. The van der Waals surface area contributed by atoms with Crippen molar-refractivity contribution in [2.45, 2.75) is 82.4 Å². The van der Waals surface area contributed by atoms with Crippen LogP contribution in [0.15, 0.2) is 66.7 Å². The summed E-state index contributed by atoms with van der Waals surface area (Å²) in [6, 6.07) is 11.4. The number of methoxy groups -OCH3 is 2.